The second kappa shape index (κ2) is 6.90. The molecular formula is C16H14BrNO. The van der Waals surface area contributed by atoms with Crippen molar-refractivity contribution in [2.75, 3.05) is 7.11 Å². The van der Waals surface area contributed by atoms with E-state index in [2.05, 4.69) is 20.9 Å². The van der Waals surface area contributed by atoms with E-state index >= 15 is 0 Å². The molecule has 0 N–H and O–H groups in total. The Labute approximate surface area is 121 Å². The molecule has 0 radical (unpaired) electrons. The van der Waals surface area contributed by atoms with Gasteiger partial charge in [-0.15, -0.1) is 0 Å². The fourth-order valence-electron chi connectivity index (χ4n) is 1.53. The van der Waals surface area contributed by atoms with Gasteiger partial charge in [0, 0.05) is 10.7 Å². The summed E-state index contributed by atoms with van der Waals surface area (Å²) in [6, 6.07) is 15.7. The summed E-state index contributed by atoms with van der Waals surface area (Å²) in [5, 5.41) is 0. The quantitative estimate of drug-likeness (QED) is 0.737. The van der Waals surface area contributed by atoms with Crippen molar-refractivity contribution < 1.29 is 4.74 Å². The molecule has 3 heteroatoms. The van der Waals surface area contributed by atoms with Gasteiger partial charge < -0.3 is 4.74 Å². The molecule has 0 heterocycles. The van der Waals surface area contributed by atoms with Crippen molar-refractivity contribution >= 4 is 33.9 Å². The minimum Gasteiger partial charge on any atom is -0.497 e. The molecule has 0 aliphatic carbocycles. The van der Waals surface area contributed by atoms with Crippen LogP contribution >= 0.6 is 15.9 Å². The number of hydrogen-bond donors (Lipinski definition) is 0. The van der Waals surface area contributed by atoms with Gasteiger partial charge in [-0.05, 0) is 48.0 Å². The summed E-state index contributed by atoms with van der Waals surface area (Å²) >= 11 is 3.41. The molecule has 0 atom stereocenters. The number of hydrogen-bond acceptors (Lipinski definition) is 2. The van der Waals surface area contributed by atoms with Crippen LogP contribution in [0.5, 0.6) is 5.75 Å². The highest BCUT2D eigenvalue weighted by Gasteiger charge is 1.90. The van der Waals surface area contributed by atoms with E-state index in [1.165, 1.54) is 0 Å². The lowest BCUT2D eigenvalue weighted by Crippen LogP contribution is -1.79. The molecule has 0 saturated carbocycles. The summed E-state index contributed by atoms with van der Waals surface area (Å²) in [6.45, 7) is 0. The Hall–Kier alpha value is -1.87. The smallest absolute Gasteiger partial charge is 0.119 e. The van der Waals surface area contributed by atoms with Gasteiger partial charge in [0.2, 0.25) is 0 Å². The minimum atomic E-state index is 0.837. The summed E-state index contributed by atoms with van der Waals surface area (Å²) in [4.78, 5) is 4.34. The van der Waals surface area contributed by atoms with Crippen LogP contribution in [-0.2, 0) is 0 Å². The third kappa shape index (κ3) is 4.38. The van der Waals surface area contributed by atoms with Crippen molar-refractivity contribution in [2.45, 2.75) is 0 Å². The van der Waals surface area contributed by atoms with Crippen LogP contribution in [0.25, 0.3) is 6.08 Å². The van der Waals surface area contributed by atoms with E-state index < -0.39 is 0 Å². The van der Waals surface area contributed by atoms with Gasteiger partial charge in [0.15, 0.2) is 0 Å². The molecule has 0 unspecified atom stereocenters. The minimum absolute atomic E-state index is 0.837. The van der Waals surface area contributed by atoms with E-state index in [4.69, 9.17) is 4.74 Å². The molecule has 2 aromatic rings. The zero-order chi connectivity index (χ0) is 13.5. The second-order valence-electron chi connectivity index (χ2n) is 3.89. The van der Waals surface area contributed by atoms with Gasteiger partial charge >= 0.3 is 0 Å². The molecule has 0 bridgehead atoms. The molecular weight excluding hydrogens is 302 g/mol. The number of allylic oxidation sites excluding steroid dienone is 1. The van der Waals surface area contributed by atoms with Crippen molar-refractivity contribution in [2.24, 2.45) is 4.99 Å². The molecule has 0 fully saturated rings. The van der Waals surface area contributed by atoms with Crippen LogP contribution in [-0.4, -0.2) is 13.3 Å². The fraction of sp³-hybridized carbons (Fsp3) is 0.0625. The van der Waals surface area contributed by atoms with E-state index in [1.54, 1.807) is 13.3 Å². The first-order valence-corrected chi connectivity index (χ1v) is 6.67. The number of ether oxygens (including phenoxy) is 1. The molecule has 0 spiro atoms. The average molecular weight is 316 g/mol. The van der Waals surface area contributed by atoms with E-state index in [9.17, 15) is 0 Å². The first kappa shape index (κ1) is 13.6. The van der Waals surface area contributed by atoms with Gasteiger partial charge in [0.05, 0.1) is 12.8 Å². The van der Waals surface area contributed by atoms with Crippen LogP contribution < -0.4 is 4.74 Å². The topological polar surface area (TPSA) is 21.6 Å². The van der Waals surface area contributed by atoms with Gasteiger partial charge in [0.25, 0.3) is 0 Å². The van der Waals surface area contributed by atoms with Gasteiger partial charge in [-0.25, -0.2) is 0 Å². The molecule has 2 aromatic carbocycles. The summed E-state index contributed by atoms with van der Waals surface area (Å²) in [5.41, 5.74) is 2.05. The Balaban J connectivity index is 1.96. The van der Waals surface area contributed by atoms with Gasteiger partial charge in [-0.1, -0.05) is 34.1 Å². The van der Waals surface area contributed by atoms with Crippen LogP contribution in [0.2, 0.25) is 0 Å². The van der Waals surface area contributed by atoms with Crippen molar-refractivity contribution in [3.05, 3.63) is 64.6 Å². The Bertz CT molecular complexity index is 571. The molecule has 0 aromatic heterocycles. The lowest BCUT2D eigenvalue weighted by Gasteiger charge is -1.98. The molecule has 2 rings (SSSR count). The molecule has 19 heavy (non-hydrogen) atoms. The normalized spacial score (nSPS) is 11.3. The molecule has 2 nitrogen and oxygen atoms in total. The second-order valence-corrected chi connectivity index (χ2v) is 4.80. The summed E-state index contributed by atoms with van der Waals surface area (Å²) in [5.74, 6) is 0.837. The molecule has 0 aliphatic rings. The van der Waals surface area contributed by atoms with E-state index in [1.807, 2.05) is 60.7 Å². The summed E-state index contributed by atoms with van der Waals surface area (Å²) in [7, 11) is 1.65. The van der Waals surface area contributed by atoms with Crippen LogP contribution in [0.3, 0.4) is 0 Å². The number of rotatable bonds is 4. The number of halogens is 1. The maximum absolute atomic E-state index is 5.09. The first-order chi connectivity index (χ1) is 9.28. The van der Waals surface area contributed by atoms with Crippen LogP contribution in [0.4, 0.5) is 5.69 Å². The largest absolute Gasteiger partial charge is 0.497 e. The zero-order valence-corrected chi connectivity index (χ0v) is 12.2. The predicted octanol–water partition coefficient (Wildman–Crippen LogP) is 4.87. The molecule has 96 valence electrons. The predicted molar refractivity (Wildman–Crippen MR) is 84.3 cm³/mol. The number of methoxy groups -OCH3 is 1. The highest BCUT2D eigenvalue weighted by molar-refractivity contribution is 9.10. The Kier molecular flexibility index (Phi) is 4.93. The maximum atomic E-state index is 5.09. The average Bonchev–Trinajstić information content (AvgIpc) is 2.46. The van der Waals surface area contributed by atoms with Crippen LogP contribution in [0, 0.1) is 0 Å². The number of aliphatic imine (C=N–C) groups is 1. The third-order valence-corrected chi connectivity index (χ3v) is 3.07. The Morgan fingerprint density at radius 1 is 1.00 bits per heavy atom. The summed E-state index contributed by atoms with van der Waals surface area (Å²) < 4.78 is 6.17. The zero-order valence-electron chi connectivity index (χ0n) is 10.6. The van der Waals surface area contributed by atoms with E-state index in [-0.39, 0.29) is 0 Å². The fourth-order valence-corrected chi connectivity index (χ4v) is 1.79. The highest BCUT2D eigenvalue weighted by Crippen LogP contribution is 2.17. The Morgan fingerprint density at radius 2 is 1.68 bits per heavy atom. The Morgan fingerprint density at radius 3 is 2.32 bits per heavy atom. The van der Waals surface area contributed by atoms with E-state index in [0.717, 1.165) is 21.5 Å². The lowest BCUT2D eigenvalue weighted by atomic mass is 10.2. The lowest BCUT2D eigenvalue weighted by molar-refractivity contribution is 0.415. The molecule has 0 amide bonds. The molecule has 0 aliphatic heterocycles. The first-order valence-electron chi connectivity index (χ1n) is 5.88. The maximum Gasteiger partial charge on any atom is 0.119 e. The molecule has 0 saturated heterocycles. The van der Waals surface area contributed by atoms with Crippen molar-refractivity contribution in [3.8, 4) is 5.75 Å². The monoisotopic (exact) mass is 315 g/mol. The van der Waals surface area contributed by atoms with Crippen molar-refractivity contribution in [1.82, 2.24) is 0 Å². The third-order valence-electron chi connectivity index (χ3n) is 2.54. The van der Waals surface area contributed by atoms with Crippen LogP contribution in [0.15, 0.2) is 64.1 Å². The number of nitrogens with zero attached hydrogens (tertiary/aromatic N) is 1. The van der Waals surface area contributed by atoms with Crippen molar-refractivity contribution in [1.29, 1.82) is 0 Å². The van der Waals surface area contributed by atoms with Gasteiger partial charge in [-0.2, -0.15) is 0 Å². The van der Waals surface area contributed by atoms with Gasteiger partial charge in [0.1, 0.15) is 5.75 Å². The van der Waals surface area contributed by atoms with Crippen molar-refractivity contribution in [3.63, 3.8) is 0 Å². The summed E-state index contributed by atoms with van der Waals surface area (Å²) in [6.07, 6.45) is 5.72. The van der Waals surface area contributed by atoms with Gasteiger partial charge in [-0.3, -0.25) is 4.99 Å². The SMILES string of the molecule is COc1ccc(N=CC=Cc2ccc(Br)cc2)cc1. The highest BCUT2D eigenvalue weighted by atomic mass is 79.9. The standard InChI is InChI=1S/C16H14BrNO/c1-19-16-10-8-15(9-11-16)18-12-2-3-13-4-6-14(17)7-5-13/h2-12H,1H3. The van der Waals surface area contributed by atoms with E-state index in [0.29, 0.717) is 0 Å². The number of benzene rings is 2. The van der Waals surface area contributed by atoms with Crippen LogP contribution in [0.1, 0.15) is 5.56 Å².